The van der Waals surface area contributed by atoms with E-state index in [1.807, 2.05) is 17.5 Å². The van der Waals surface area contributed by atoms with Crippen molar-refractivity contribution >= 4 is 11.3 Å². The second kappa shape index (κ2) is 7.07. The van der Waals surface area contributed by atoms with Gasteiger partial charge < -0.3 is 0 Å². The number of hydrogen-bond acceptors (Lipinski definition) is 5. The van der Waals surface area contributed by atoms with Crippen LogP contribution >= 0.6 is 11.3 Å². The van der Waals surface area contributed by atoms with Gasteiger partial charge in [-0.3, -0.25) is 19.1 Å². The molecule has 1 aromatic carbocycles. The predicted octanol–water partition coefficient (Wildman–Crippen LogP) is 2.37. The zero-order chi connectivity index (χ0) is 20.0. The molecule has 0 bridgehead atoms. The lowest BCUT2D eigenvalue weighted by atomic mass is 9.85. The summed E-state index contributed by atoms with van der Waals surface area (Å²) in [4.78, 5) is 28.8. The Morgan fingerprint density at radius 3 is 2.72 bits per heavy atom. The van der Waals surface area contributed by atoms with E-state index in [0.717, 1.165) is 43.2 Å². The zero-order valence-corrected chi connectivity index (χ0v) is 17.3. The van der Waals surface area contributed by atoms with Gasteiger partial charge in [0.15, 0.2) is 0 Å². The Kier molecular flexibility index (Phi) is 4.52. The molecule has 7 heteroatoms. The van der Waals surface area contributed by atoms with Crippen LogP contribution in [0, 0.1) is 6.92 Å². The highest BCUT2D eigenvalue weighted by Crippen LogP contribution is 2.40. The highest BCUT2D eigenvalue weighted by Gasteiger charge is 2.47. The Morgan fingerprint density at radius 2 is 1.93 bits per heavy atom. The fraction of sp³-hybridized carbons (Fsp3) is 0.409. The molecule has 150 valence electrons. The molecule has 1 saturated heterocycles. The van der Waals surface area contributed by atoms with Gasteiger partial charge in [-0.1, -0.05) is 35.9 Å². The van der Waals surface area contributed by atoms with E-state index in [9.17, 15) is 9.59 Å². The number of likely N-dealkylation sites (tertiary alicyclic amines) is 1. The van der Waals surface area contributed by atoms with Crippen molar-refractivity contribution in [3.05, 3.63) is 84.3 Å². The molecule has 0 radical (unpaired) electrons. The summed E-state index contributed by atoms with van der Waals surface area (Å²) in [6.07, 6.45) is 1.85. The van der Waals surface area contributed by atoms with Gasteiger partial charge in [0.2, 0.25) is 0 Å². The monoisotopic (exact) mass is 408 g/mol. The van der Waals surface area contributed by atoms with E-state index >= 15 is 0 Å². The van der Waals surface area contributed by atoms with Gasteiger partial charge in [0.05, 0.1) is 6.54 Å². The maximum atomic E-state index is 12.7. The van der Waals surface area contributed by atoms with Crippen molar-refractivity contribution in [1.82, 2.24) is 19.2 Å². The van der Waals surface area contributed by atoms with Crippen LogP contribution in [-0.4, -0.2) is 32.3 Å². The van der Waals surface area contributed by atoms with E-state index in [4.69, 9.17) is 5.10 Å². The number of aryl methyl sites for hydroxylation is 1. The summed E-state index contributed by atoms with van der Waals surface area (Å²) >= 11 is 1.58. The highest BCUT2D eigenvalue weighted by molar-refractivity contribution is 7.09. The second-order valence-electron chi connectivity index (χ2n) is 8.30. The maximum Gasteiger partial charge on any atom is 0.332 e. The molecule has 1 atom stereocenters. The number of fused-ring (bicyclic) bond motifs is 2. The molecule has 2 aliphatic heterocycles. The molecule has 29 heavy (non-hydrogen) atoms. The van der Waals surface area contributed by atoms with E-state index in [-0.39, 0.29) is 5.41 Å². The van der Waals surface area contributed by atoms with Gasteiger partial charge in [-0.25, -0.2) is 4.68 Å². The molecule has 3 aromatic rings. The first-order valence-electron chi connectivity index (χ1n) is 10.1. The third kappa shape index (κ3) is 3.28. The fourth-order valence-electron chi connectivity index (χ4n) is 4.78. The van der Waals surface area contributed by atoms with Crippen LogP contribution in [0.15, 0.2) is 51.4 Å². The molecule has 2 aromatic heterocycles. The minimum Gasteiger partial charge on any atom is -0.298 e. The maximum absolute atomic E-state index is 12.7. The van der Waals surface area contributed by atoms with Crippen molar-refractivity contribution in [2.75, 3.05) is 13.1 Å². The molecular formula is C22H24N4O2S. The van der Waals surface area contributed by atoms with Crippen LogP contribution in [0.4, 0.5) is 0 Å². The Morgan fingerprint density at radius 1 is 1.07 bits per heavy atom. The van der Waals surface area contributed by atoms with Crippen molar-refractivity contribution in [2.24, 2.45) is 0 Å². The normalized spacial score (nSPS) is 21.1. The highest BCUT2D eigenvalue weighted by atomic mass is 32.1. The van der Waals surface area contributed by atoms with E-state index in [0.29, 0.717) is 13.1 Å². The van der Waals surface area contributed by atoms with Gasteiger partial charge in [0.1, 0.15) is 5.82 Å². The van der Waals surface area contributed by atoms with E-state index in [2.05, 4.69) is 36.1 Å². The number of thiophene rings is 1. The Labute approximate surface area is 173 Å². The number of rotatable bonds is 4. The summed E-state index contributed by atoms with van der Waals surface area (Å²) < 4.78 is 3.00. The zero-order valence-electron chi connectivity index (χ0n) is 16.5. The number of nitrogens with zero attached hydrogens (tertiary/aromatic N) is 4. The van der Waals surface area contributed by atoms with Gasteiger partial charge in [0.25, 0.3) is 0 Å². The molecule has 5 rings (SSSR count). The lowest BCUT2D eigenvalue weighted by molar-refractivity contribution is 0.298. The van der Waals surface area contributed by atoms with Crippen LogP contribution in [-0.2, 0) is 25.0 Å². The van der Waals surface area contributed by atoms with Crippen molar-refractivity contribution in [2.45, 2.75) is 44.8 Å². The summed E-state index contributed by atoms with van der Waals surface area (Å²) in [5, 5.41) is 6.70. The van der Waals surface area contributed by atoms with Crippen LogP contribution in [0.25, 0.3) is 0 Å². The van der Waals surface area contributed by atoms with Crippen molar-refractivity contribution in [1.29, 1.82) is 0 Å². The number of hydrogen-bond donors (Lipinski definition) is 0. The quantitative estimate of drug-likeness (QED) is 0.622. The molecule has 1 unspecified atom stereocenters. The first kappa shape index (κ1) is 18.5. The average molecular weight is 409 g/mol. The van der Waals surface area contributed by atoms with Crippen LogP contribution in [0.1, 0.15) is 34.7 Å². The molecule has 6 nitrogen and oxygen atoms in total. The molecule has 0 amide bonds. The summed E-state index contributed by atoms with van der Waals surface area (Å²) in [5.74, 6) is 0.797. The van der Waals surface area contributed by atoms with Gasteiger partial charge in [-0.2, -0.15) is 5.10 Å². The molecule has 4 heterocycles. The van der Waals surface area contributed by atoms with Crippen molar-refractivity contribution in [3.8, 4) is 0 Å². The first-order valence-corrected chi connectivity index (χ1v) is 10.9. The molecule has 1 spiro atoms. The Balaban J connectivity index is 1.45. The van der Waals surface area contributed by atoms with Crippen LogP contribution in [0.2, 0.25) is 0 Å². The average Bonchev–Trinajstić information content (AvgIpc) is 3.42. The van der Waals surface area contributed by atoms with E-state index < -0.39 is 11.1 Å². The lowest BCUT2D eigenvalue weighted by Gasteiger charge is -2.24. The first-order chi connectivity index (χ1) is 14.0. The predicted molar refractivity (Wildman–Crippen MR) is 114 cm³/mol. The van der Waals surface area contributed by atoms with Crippen LogP contribution < -0.4 is 11.1 Å². The standard InChI is InChI=1S/C22H24N4O2S/c1-16-4-2-5-17(12-16)13-24-9-7-22(15-24)8-10-25-19(27)20(28)26(23-21(22)25)14-18-6-3-11-29-18/h2-6,11-12H,7-10,13-15H2,1H3. The van der Waals surface area contributed by atoms with Crippen molar-refractivity contribution < 1.29 is 0 Å². The minimum absolute atomic E-state index is 0.131. The molecule has 0 saturated carbocycles. The SMILES string of the molecule is Cc1cccc(CN2CCC3(CCn4c3nn(Cc3cccs3)c(=O)c4=O)C2)c1. The second-order valence-corrected chi connectivity index (χ2v) is 9.33. The van der Waals surface area contributed by atoms with Crippen LogP contribution in [0.5, 0.6) is 0 Å². The van der Waals surface area contributed by atoms with Gasteiger partial charge in [-0.05, 0) is 43.3 Å². The summed E-state index contributed by atoms with van der Waals surface area (Å²) in [6, 6.07) is 12.5. The Bertz CT molecular complexity index is 1160. The van der Waals surface area contributed by atoms with Gasteiger partial charge in [0, 0.05) is 29.9 Å². The summed E-state index contributed by atoms with van der Waals surface area (Å²) in [5.41, 5.74) is 1.50. The molecule has 0 aliphatic carbocycles. The van der Waals surface area contributed by atoms with Gasteiger partial charge >= 0.3 is 11.1 Å². The van der Waals surface area contributed by atoms with Crippen LogP contribution in [0.3, 0.4) is 0 Å². The third-order valence-electron chi connectivity index (χ3n) is 6.23. The van der Waals surface area contributed by atoms with E-state index in [1.54, 1.807) is 15.9 Å². The molecule has 1 fully saturated rings. The molecule has 0 N–H and O–H groups in total. The number of aromatic nitrogens is 3. The number of benzene rings is 1. The fourth-order valence-corrected chi connectivity index (χ4v) is 5.46. The smallest absolute Gasteiger partial charge is 0.298 e. The van der Waals surface area contributed by atoms with Gasteiger partial charge in [-0.15, -0.1) is 11.3 Å². The summed E-state index contributed by atoms with van der Waals surface area (Å²) in [7, 11) is 0. The lowest BCUT2D eigenvalue weighted by Crippen LogP contribution is -2.45. The Hall–Kier alpha value is -2.51. The largest absolute Gasteiger partial charge is 0.332 e. The topological polar surface area (TPSA) is 60.1 Å². The summed E-state index contributed by atoms with van der Waals surface area (Å²) in [6.45, 7) is 5.84. The van der Waals surface area contributed by atoms with Crippen molar-refractivity contribution in [3.63, 3.8) is 0 Å². The minimum atomic E-state index is -0.520. The third-order valence-corrected chi connectivity index (χ3v) is 7.09. The van der Waals surface area contributed by atoms with E-state index in [1.165, 1.54) is 15.8 Å². The molecule has 2 aliphatic rings. The molecular weight excluding hydrogens is 384 g/mol.